The summed E-state index contributed by atoms with van der Waals surface area (Å²) in [5.74, 6) is -3.10. The van der Waals surface area contributed by atoms with Gasteiger partial charge in [0.2, 0.25) is 5.91 Å². The Kier molecular flexibility index (Phi) is 5.71. The van der Waals surface area contributed by atoms with Gasteiger partial charge in [0.05, 0.1) is 17.6 Å². The molecular formula is C23H23F2N9O. The molecule has 3 aromatic heterocycles. The van der Waals surface area contributed by atoms with Crippen molar-refractivity contribution in [2.45, 2.75) is 31.4 Å². The fourth-order valence-corrected chi connectivity index (χ4v) is 4.37. The Morgan fingerprint density at radius 3 is 2.83 bits per heavy atom. The largest absolute Gasteiger partial charge is 0.383 e. The maximum Gasteiger partial charge on any atom is 0.292 e. The molecule has 0 saturated carbocycles. The smallest absolute Gasteiger partial charge is 0.292 e. The minimum Gasteiger partial charge on any atom is -0.383 e. The lowest BCUT2D eigenvalue weighted by Crippen LogP contribution is -2.40. The first kappa shape index (κ1) is 22.6. The number of rotatable bonds is 6. The summed E-state index contributed by atoms with van der Waals surface area (Å²) < 4.78 is 32.3. The molecular weight excluding hydrogens is 456 g/mol. The molecule has 4 heterocycles. The number of nitrogen functional groups attached to an aromatic ring is 1. The lowest BCUT2D eigenvalue weighted by molar-refractivity contribution is -0.127. The molecule has 10 nitrogen and oxygen atoms in total. The number of carbonyl (C=O) groups is 1. The summed E-state index contributed by atoms with van der Waals surface area (Å²) >= 11 is 0. The van der Waals surface area contributed by atoms with Gasteiger partial charge in [-0.3, -0.25) is 4.79 Å². The Labute approximate surface area is 199 Å². The van der Waals surface area contributed by atoms with Crippen LogP contribution in [0.3, 0.4) is 0 Å². The van der Waals surface area contributed by atoms with Crippen LogP contribution in [0.25, 0.3) is 22.4 Å². The zero-order chi connectivity index (χ0) is 24.6. The highest BCUT2D eigenvalue weighted by Gasteiger charge is 2.33. The lowest BCUT2D eigenvalue weighted by atomic mass is 10.1. The Morgan fingerprint density at radius 2 is 2.06 bits per heavy atom. The average molecular weight is 479 g/mol. The van der Waals surface area contributed by atoms with Crippen LogP contribution in [0.4, 0.5) is 14.6 Å². The molecule has 1 aliphatic rings. The second-order valence-electron chi connectivity index (χ2n) is 8.41. The number of nitrogens with zero attached hydrogens (tertiary/aromatic N) is 8. The Bertz CT molecular complexity index is 1380. The molecule has 1 fully saturated rings. The van der Waals surface area contributed by atoms with Gasteiger partial charge < -0.3 is 10.6 Å². The van der Waals surface area contributed by atoms with Gasteiger partial charge >= 0.3 is 0 Å². The van der Waals surface area contributed by atoms with Crippen LogP contribution in [-0.2, 0) is 17.3 Å². The zero-order valence-electron chi connectivity index (χ0n) is 18.8. The van der Waals surface area contributed by atoms with Crippen LogP contribution in [0, 0.1) is 0 Å². The monoisotopic (exact) mass is 479 g/mol. The van der Waals surface area contributed by atoms with E-state index in [4.69, 9.17) is 10.8 Å². The quantitative estimate of drug-likeness (QED) is 0.422. The van der Waals surface area contributed by atoms with E-state index in [-0.39, 0.29) is 29.0 Å². The molecule has 180 valence electrons. The maximum atomic E-state index is 14.8. The summed E-state index contributed by atoms with van der Waals surface area (Å²) in [7, 11) is 0. The van der Waals surface area contributed by atoms with Gasteiger partial charge in [0, 0.05) is 18.7 Å². The van der Waals surface area contributed by atoms with Gasteiger partial charge in [-0.1, -0.05) is 42.1 Å². The predicted octanol–water partition coefficient (Wildman–Crippen LogP) is 2.81. The van der Waals surface area contributed by atoms with Crippen LogP contribution in [0.5, 0.6) is 0 Å². The van der Waals surface area contributed by atoms with E-state index in [9.17, 15) is 13.6 Å². The molecule has 12 heteroatoms. The van der Waals surface area contributed by atoms with Gasteiger partial charge in [0.1, 0.15) is 30.1 Å². The summed E-state index contributed by atoms with van der Waals surface area (Å²) in [4.78, 5) is 22.3. The van der Waals surface area contributed by atoms with E-state index in [0.717, 1.165) is 17.5 Å². The van der Waals surface area contributed by atoms with Crippen molar-refractivity contribution in [3.63, 3.8) is 0 Å². The SMILES string of the molecule is C=CC(=O)N1CCCC(n2nc(-c3cn(CC(F)(F)c4ccccc4)nn3)c3c(N)ncnc32)C1. The van der Waals surface area contributed by atoms with E-state index < -0.39 is 12.5 Å². The molecule has 35 heavy (non-hydrogen) atoms. The number of anilines is 1. The number of benzene rings is 1. The number of piperidine rings is 1. The average Bonchev–Trinajstić information content (AvgIpc) is 3.49. The summed E-state index contributed by atoms with van der Waals surface area (Å²) in [6.45, 7) is 3.94. The summed E-state index contributed by atoms with van der Waals surface area (Å²) in [6.07, 6.45) is 5.60. The highest BCUT2D eigenvalue weighted by atomic mass is 19.3. The number of fused-ring (bicyclic) bond motifs is 1. The summed E-state index contributed by atoms with van der Waals surface area (Å²) in [5, 5.41) is 13.1. The van der Waals surface area contributed by atoms with Crippen molar-refractivity contribution >= 4 is 22.8 Å². The molecule has 1 amide bonds. The number of likely N-dealkylation sites (tertiary alicyclic amines) is 1. The number of nitrogens with two attached hydrogens (primary N) is 1. The Hall–Kier alpha value is -4.22. The normalized spacial score (nSPS) is 16.5. The van der Waals surface area contributed by atoms with Gasteiger partial charge in [0.25, 0.3) is 5.92 Å². The van der Waals surface area contributed by atoms with Crippen molar-refractivity contribution in [2.75, 3.05) is 18.8 Å². The predicted molar refractivity (Wildman–Crippen MR) is 124 cm³/mol. The number of carbonyl (C=O) groups excluding carboxylic acids is 1. The number of hydrogen-bond donors (Lipinski definition) is 1. The molecule has 0 aliphatic carbocycles. The molecule has 1 aliphatic heterocycles. The van der Waals surface area contributed by atoms with Crippen LogP contribution in [-0.4, -0.2) is 58.6 Å². The van der Waals surface area contributed by atoms with Crippen LogP contribution in [0.1, 0.15) is 24.4 Å². The first-order valence-corrected chi connectivity index (χ1v) is 11.1. The van der Waals surface area contributed by atoms with Crippen LogP contribution >= 0.6 is 0 Å². The number of hydrogen-bond acceptors (Lipinski definition) is 7. The molecule has 0 bridgehead atoms. The number of halogens is 2. The first-order valence-electron chi connectivity index (χ1n) is 11.1. The topological polar surface area (TPSA) is 121 Å². The molecule has 1 aromatic carbocycles. The van der Waals surface area contributed by atoms with Crippen LogP contribution in [0.2, 0.25) is 0 Å². The van der Waals surface area contributed by atoms with E-state index in [0.29, 0.717) is 29.8 Å². The fraction of sp³-hybridized carbons (Fsp3) is 0.304. The molecule has 2 N–H and O–H groups in total. The van der Waals surface area contributed by atoms with Gasteiger partial charge in [0.15, 0.2) is 5.65 Å². The minimum atomic E-state index is -3.14. The molecule has 0 spiro atoms. The molecule has 0 radical (unpaired) electrons. The van der Waals surface area contributed by atoms with Crippen molar-refractivity contribution in [1.29, 1.82) is 0 Å². The second-order valence-corrected chi connectivity index (χ2v) is 8.41. The first-order chi connectivity index (χ1) is 16.9. The van der Waals surface area contributed by atoms with Crippen molar-refractivity contribution in [3.05, 3.63) is 61.1 Å². The van der Waals surface area contributed by atoms with Gasteiger partial charge in [-0.25, -0.2) is 19.3 Å². The highest BCUT2D eigenvalue weighted by Crippen LogP contribution is 2.34. The Balaban J connectivity index is 1.50. The third-order valence-electron chi connectivity index (χ3n) is 6.08. The van der Waals surface area contributed by atoms with E-state index in [2.05, 4.69) is 26.9 Å². The van der Waals surface area contributed by atoms with Gasteiger partial charge in [-0.2, -0.15) is 13.9 Å². The molecule has 1 unspecified atom stereocenters. The minimum absolute atomic E-state index is 0.111. The van der Waals surface area contributed by atoms with Crippen LogP contribution < -0.4 is 5.73 Å². The summed E-state index contributed by atoms with van der Waals surface area (Å²) in [6, 6.07) is 7.39. The summed E-state index contributed by atoms with van der Waals surface area (Å²) in [5.41, 5.74) is 7.15. The number of aromatic nitrogens is 7. The lowest BCUT2D eigenvalue weighted by Gasteiger charge is -2.32. The van der Waals surface area contributed by atoms with Gasteiger partial charge in [-0.05, 0) is 18.9 Å². The third-order valence-corrected chi connectivity index (χ3v) is 6.08. The maximum absolute atomic E-state index is 14.8. The van der Waals surface area contributed by atoms with Crippen molar-refractivity contribution in [3.8, 4) is 11.4 Å². The number of alkyl halides is 2. The van der Waals surface area contributed by atoms with Crippen LogP contribution in [0.15, 0.2) is 55.5 Å². The molecule has 1 atom stereocenters. The third kappa shape index (κ3) is 4.22. The van der Waals surface area contributed by atoms with E-state index in [1.807, 2.05) is 0 Å². The number of amides is 1. The molecule has 5 rings (SSSR count). The fourth-order valence-electron chi connectivity index (χ4n) is 4.37. The highest BCUT2D eigenvalue weighted by molar-refractivity contribution is 5.97. The zero-order valence-corrected chi connectivity index (χ0v) is 18.8. The van der Waals surface area contributed by atoms with E-state index in [1.54, 1.807) is 27.8 Å². The van der Waals surface area contributed by atoms with Crippen molar-refractivity contribution < 1.29 is 13.6 Å². The standard InChI is InChI=1S/C23H23F2N9O/c1-2-18(35)32-10-6-9-16(11-32)34-22-19(21(26)27-14-28-22)20(30-34)17-12-33(31-29-17)13-23(24,25)15-7-4-3-5-8-15/h2-5,7-8,12,14,16H,1,6,9-11,13H2,(H2,26,27,28). The van der Waals surface area contributed by atoms with Crippen molar-refractivity contribution in [1.82, 2.24) is 39.6 Å². The van der Waals surface area contributed by atoms with E-state index >= 15 is 0 Å². The molecule has 1 saturated heterocycles. The van der Waals surface area contributed by atoms with E-state index in [1.165, 1.54) is 30.7 Å². The second kappa shape index (κ2) is 8.85. The molecule has 4 aromatic rings. The van der Waals surface area contributed by atoms with Gasteiger partial charge in [-0.15, -0.1) is 5.10 Å². The Morgan fingerprint density at radius 1 is 1.26 bits per heavy atom. The van der Waals surface area contributed by atoms with Crippen molar-refractivity contribution in [2.24, 2.45) is 0 Å².